The standard InChI is InChI=1S/C24H27ClN2O4/c1-2-29-23(28)12-8-3-4-9-13-30-21-14-19-20(26-17-27-24(19)25)15-22(21)31-16-18-10-6-5-7-11-18/h5-7,10-11,14-15,17H,2-4,8-9,12-13,16H2,1H3. The van der Waals surface area contributed by atoms with Crippen LogP contribution < -0.4 is 9.47 Å². The highest BCUT2D eigenvalue weighted by Gasteiger charge is 2.12. The number of nitrogens with zero attached hydrogens (tertiary/aromatic N) is 2. The van der Waals surface area contributed by atoms with Crippen LogP contribution in [0.5, 0.6) is 11.5 Å². The van der Waals surface area contributed by atoms with Crippen molar-refractivity contribution in [3.05, 3.63) is 59.5 Å². The Labute approximate surface area is 187 Å². The molecule has 164 valence electrons. The molecule has 0 unspecified atom stereocenters. The van der Waals surface area contributed by atoms with Gasteiger partial charge in [0.2, 0.25) is 0 Å². The van der Waals surface area contributed by atoms with Gasteiger partial charge in [-0.1, -0.05) is 54.8 Å². The molecule has 7 heteroatoms. The average molecular weight is 443 g/mol. The number of carbonyl (C=O) groups is 1. The molecule has 0 atom stereocenters. The van der Waals surface area contributed by atoms with E-state index in [2.05, 4.69) is 9.97 Å². The first-order valence-electron chi connectivity index (χ1n) is 10.6. The fraction of sp³-hybridized carbons (Fsp3) is 0.375. The quantitative estimate of drug-likeness (QED) is 0.202. The zero-order valence-electron chi connectivity index (χ0n) is 17.7. The third-order valence-corrected chi connectivity index (χ3v) is 5.03. The maximum atomic E-state index is 11.4. The topological polar surface area (TPSA) is 70.5 Å². The predicted octanol–water partition coefficient (Wildman–Crippen LogP) is 5.75. The minimum atomic E-state index is -0.130. The summed E-state index contributed by atoms with van der Waals surface area (Å²) in [6.45, 7) is 3.22. The largest absolute Gasteiger partial charge is 0.490 e. The monoisotopic (exact) mass is 442 g/mol. The van der Waals surface area contributed by atoms with Crippen molar-refractivity contribution in [2.24, 2.45) is 0 Å². The molecule has 2 aromatic carbocycles. The van der Waals surface area contributed by atoms with Crippen LogP contribution in [-0.2, 0) is 16.1 Å². The molecule has 6 nitrogen and oxygen atoms in total. The first kappa shape index (κ1) is 22.8. The number of fused-ring (bicyclic) bond motifs is 1. The SMILES string of the molecule is CCOC(=O)CCCCCCOc1cc2c(Cl)ncnc2cc1OCc1ccccc1. The summed E-state index contributed by atoms with van der Waals surface area (Å²) in [4.78, 5) is 19.7. The van der Waals surface area contributed by atoms with Gasteiger partial charge in [0.15, 0.2) is 11.5 Å². The Morgan fingerprint density at radius 3 is 2.55 bits per heavy atom. The van der Waals surface area contributed by atoms with Crippen molar-refractivity contribution in [3.63, 3.8) is 0 Å². The second kappa shape index (κ2) is 12.1. The van der Waals surface area contributed by atoms with Crippen LogP contribution in [0.2, 0.25) is 5.15 Å². The lowest BCUT2D eigenvalue weighted by Gasteiger charge is -2.14. The highest BCUT2D eigenvalue weighted by Crippen LogP contribution is 2.34. The van der Waals surface area contributed by atoms with E-state index in [1.54, 1.807) is 0 Å². The minimum Gasteiger partial charge on any atom is -0.490 e. The molecule has 3 aromatic rings. The number of esters is 1. The fourth-order valence-corrected chi connectivity index (χ4v) is 3.33. The third kappa shape index (κ3) is 7.10. The third-order valence-electron chi connectivity index (χ3n) is 4.73. The number of hydrogen-bond donors (Lipinski definition) is 0. The highest BCUT2D eigenvalue weighted by molar-refractivity contribution is 6.34. The van der Waals surface area contributed by atoms with E-state index in [-0.39, 0.29) is 5.97 Å². The van der Waals surface area contributed by atoms with Crippen LogP contribution in [0.25, 0.3) is 10.9 Å². The van der Waals surface area contributed by atoms with E-state index in [1.807, 2.05) is 49.4 Å². The molecule has 0 saturated carbocycles. The van der Waals surface area contributed by atoms with Gasteiger partial charge in [0.25, 0.3) is 0 Å². The molecule has 0 radical (unpaired) electrons. The van der Waals surface area contributed by atoms with Crippen LogP contribution in [0.3, 0.4) is 0 Å². The van der Waals surface area contributed by atoms with E-state index < -0.39 is 0 Å². The maximum Gasteiger partial charge on any atom is 0.305 e. The van der Waals surface area contributed by atoms with Crippen molar-refractivity contribution >= 4 is 28.5 Å². The Morgan fingerprint density at radius 2 is 1.74 bits per heavy atom. The number of benzene rings is 2. The van der Waals surface area contributed by atoms with Crippen LogP contribution in [0.15, 0.2) is 48.8 Å². The molecule has 0 aliphatic rings. The van der Waals surface area contributed by atoms with Gasteiger partial charge in [-0.3, -0.25) is 4.79 Å². The predicted molar refractivity (Wildman–Crippen MR) is 121 cm³/mol. The summed E-state index contributed by atoms with van der Waals surface area (Å²) < 4.78 is 17.0. The van der Waals surface area contributed by atoms with Crippen LogP contribution >= 0.6 is 11.6 Å². The van der Waals surface area contributed by atoms with E-state index in [0.29, 0.717) is 48.4 Å². The van der Waals surface area contributed by atoms with E-state index in [1.165, 1.54) is 6.33 Å². The summed E-state index contributed by atoms with van der Waals surface area (Å²) in [6, 6.07) is 13.6. The molecule has 3 rings (SSSR count). The van der Waals surface area contributed by atoms with Gasteiger partial charge in [0.1, 0.15) is 18.1 Å². The number of carbonyl (C=O) groups excluding carboxylic acids is 1. The number of hydrogen-bond acceptors (Lipinski definition) is 6. The van der Waals surface area contributed by atoms with Crippen molar-refractivity contribution in [1.29, 1.82) is 0 Å². The van der Waals surface area contributed by atoms with E-state index in [9.17, 15) is 4.79 Å². The second-order valence-electron chi connectivity index (χ2n) is 7.07. The molecule has 0 saturated heterocycles. The molecule has 0 spiro atoms. The summed E-state index contributed by atoms with van der Waals surface area (Å²) in [6.07, 6.45) is 5.52. The van der Waals surface area contributed by atoms with Gasteiger partial charge in [0.05, 0.1) is 18.7 Å². The van der Waals surface area contributed by atoms with Gasteiger partial charge in [-0.2, -0.15) is 0 Å². The first-order valence-corrected chi connectivity index (χ1v) is 10.9. The van der Waals surface area contributed by atoms with Gasteiger partial charge in [-0.15, -0.1) is 0 Å². The van der Waals surface area contributed by atoms with Gasteiger partial charge < -0.3 is 14.2 Å². The highest BCUT2D eigenvalue weighted by atomic mass is 35.5. The Morgan fingerprint density at radius 1 is 0.968 bits per heavy atom. The number of aromatic nitrogens is 2. The van der Waals surface area contributed by atoms with E-state index in [0.717, 1.165) is 36.6 Å². The molecule has 0 aliphatic carbocycles. The summed E-state index contributed by atoms with van der Waals surface area (Å²) >= 11 is 6.24. The Bertz CT molecular complexity index is 982. The van der Waals surface area contributed by atoms with Gasteiger partial charge in [-0.05, 0) is 31.4 Å². The maximum absolute atomic E-state index is 11.4. The molecule has 1 heterocycles. The van der Waals surface area contributed by atoms with E-state index >= 15 is 0 Å². The smallest absolute Gasteiger partial charge is 0.305 e. The molecular formula is C24H27ClN2O4. The molecule has 0 aliphatic heterocycles. The van der Waals surface area contributed by atoms with Crippen LogP contribution in [0.4, 0.5) is 0 Å². The number of halogens is 1. The fourth-order valence-electron chi connectivity index (χ4n) is 3.13. The van der Waals surface area contributed by atoms with Crippen molar-refractivity contribution < 1.29 is 19.0 Å². The zero-order chi connectivity index (χ0) is 21.9. The molecule has 0 amide bonds. The van der Waals surface area contributed by atoms with Gasteiger partial charge >= 0.3 is 5.97 Å². The van der Waals surface area contributed by atoms with Crippen molar-refractivity contribution in [2.45, 2.75) is 45.6 Å². The Balaban J connectivity index is 1.58. The van der Waals surface area contributed by atoms with Crippen molar-refractivity contribution in [2.75, 3.05) is 13.2 Å². The molecule has 0 N–H and O–H groups in total. The number of ether oxygens (including phenoxy) is 3. The van der Waals surface area contributed by atoms with Crippen molar-refractivity contribution in [3.8, 4) is 11.5 Å². The average Bonchev–Trinajstić information content (AvgIpc) is 2.78. The molecular weight excluding hydrogens is 416 g/mol. The zero-order valence-corrected chi connectivity index (χ0v) is 18.4. The normalized spacial score (nSPS) is 10.8. The number of rotatable bonds is 12. The summed E-state index contributed by atoms with van der Waals surface area (Å²) in [5, 5.41) is 1.10. The molecule has 0 bridgehead atoms. The number of unbranched alkanes of at least 4 members (excludes halogenated alkanes) is 3. The lowest BCUT2D eigenvalue weighted by Crippen LogP contribution is -2.04. The lowest BCUT2D eigenvalue weighted by molar-refractivity contribution is -0.143. The van der Waals surface area contributed by atoms with E-state index in [4.69, 9.17) is 25.8 Å². The minimum absolute atomic E-state index is 0.130. The Hall–Kier alpha value is -2.86. The molecule has 1 aromatic heterocycles. The molecule has 31 heavy (non-hydrogen) atoms. The summed E-state index contributed by atoms with van der Waals surface area (Å²) in [7, 11) is 0. The van der Waals surface area contributed by atoms with Crippen molar-refractivity contribution in [1.82, 2.24) is 9.97 Å². The first-order chi connectivity index (χ1) is 15.2. The van der Waals surface area contributed by atoms with Crippen LogP contribution in [-0.4, -0.2) is 29.2 Å². The Kier molecular flexibility index (Phi) is 8.91. The van der Waals surface area contributed by atoms with Crippen LogP contribution in [0.1, 0.15) is 44.6 Å². The second-order valence-corrected chi connectivity index (χ2v) is 7.43. The summed E-state index contributed by atoms with van der Waals surface area (Å²) in [5.74, 6) is 1.11. The van der Waals surface area contributed by atoms with Gasteiger partial charge in [0, 0.05) is 17.9 Å². The van der Waals surface area contributed by atoms with Gasteiger partial charge in [-0.25, -0.2) is 9.97 Å². The van der Waals surface area contributed by atoms with Crippen LogP contribution in [0, 0.1) is 0 Å². The lowest BCUT2D eigenvalue weighted by atomic mass is 10.1. The summed E-state index contributed by atoms with van der Waals surface area (Å²) in [5.41, 5.74) is 1.77. The molecule has 0 fully saturated rings.